The first-order valence-electron chi connectivity index (χ1n) is 7.18. The molecule has 2 aromatic rings. The number of hydrogen-bond donors (Lipinski definition) is 0. The molecule has 0 radical (unpaired) electrons. The van der Waals surface area contributed by atoms with Crippen LogP contribution >= 0.6 is 11.6 Å². The highest BCUT2D eigenvalue weighted by Gasteiger charge is 2.09. The monoisotopic (exact) mass is 318 g/mol. The van der Waals surface area contributed by atoms with Gasteiger partial charge in [-0.25, -0.2) is 0 Å². The van der Waals surface area contributed by atoms with Gasteiger partial charge in [0.15, 0.2) is 0 Å². The summed E-state index contributed by atoms with van der Waals surface area (Å²) in [7, 11) is 1.39. The Morgan fingerprint density at radius 2 is 1.86 bits per heavy atom. The van der Waals surface area contributed by atoms with Crippen LogP contribution in [-0.2, 0) is 29.0 Å². The molecule has 0 heterocycles. The van der Waals surface area contributed by atoms with E-state index in [0.717, 1.165) is 17.5 Å². The summed E-state index contributed by atoms with van der Waals surface area (Å²) in [5, 5.41) is 0.602. The molecule has 0 spiro atoms. The minimum Gasteiger partial charge on any atom is -0.487 e. The summed E-state index contributed by atoms with van der Waals surface area (Å²) in [6.07, 6.45) is 1.17. The van der Waals surface area contributed by atoms with E-state index in [1.165, 1.54) is 12.7 Å². The fraction of sp³-hybridized carbons (Fsp3) is 0.278. The Hall–Kier alpha value is -2.00. The molecule has 0 aromatic heterocycles. The lowest BCUT2D eigenvalue weighted by Crippen LogP contribution is -2.08. The molecule has 2 aromatic carbocycles. The second kappa shape index (κ2) is 7.85. The third kappa shape index (κ3) is 4.25. The Bertz CT molecular complexity index is 653. The van der Waals surface area contributed by atoms with Crippen molar-refractivity contribution in [1.82, 2.24) is 0 Å². The third-order valence-electron chi connectivity index (χ3n) is 3.47. The molecule has 0 saturated carbocycles. The molecule has 0 aliphatic heterocycles. The van der Waals surface area contributed by atoms with Gasteiger partial charge < -0.3 is 9.47 Å². The molecule has 0 amide bonds. The largest absolute Gasteiger partial charge is 0.487 e. The normalized spacial score (nSPS) is 10.3. The Morgan fingerprint density at radius 3 is 2.50 bits per heavy atom. The van der Waals surface area contributed by atoms with Crippen LogP contribution < -0.4 is 4.74 Å². The number of hydrogen-bond acceptors (Lipinski definition) is 3. The van der Waals surface area contributed by atoms with Gasteiger partial charge in [0.1, 0.15) is 12.4 Å². The predicted octanol–water partition coefficient (Wildman–Crippen LogP) is 4.20. The van der Waals surface area contributed by atoms with Gasteiger partial charge in [0.25, 0.3) is 0 Å². The fourth-order valence-electron chi connectivity index (χ4n) is 2.14. The molecule has 0 fully saturated rings. The van der Waals surface area contributed by atoms with Gasteiger partial charge in [-0.1, -0.05) is 48.9 Å². The number of esters is 1. The Labute approximate surface area is 135 Å². The number of carbonyl (C=O) groups is 1. The minimum atomic E-state index is -0.266. The van der Waals surface area contributed by atoms with Crippen molar-refractivity contribution in [2.45, 2.75) is 26.4 Å². The Balaban J connectivity index is 2.10. The van der Waals surface area contributed by atoms with Crippen molar-refractivity contribution in [1.29, 1.82) is 0 Å². The lowest BCUT2D eigenvalue weighted by Gasteiger charge is -2.12. The van der Waals surface area contributed by atoms with Crippen molar-refractivity contribution in [3.05, 3.63) is 64.2 Å². The van der Waals surface area contributed by atoms with Gasteiger partial charge in [-0.2, -0.15) is 0 Å². The third-order valence-corrected chi connectivity index (χ3v) is 3.76. The molecule has 0 aliphatic carbocycles. The van der Waals surface area contributed by atoms with Crippen molar-refractivity contribution in [3.63, 3.8) is 0 Å². The average molecular weight is 319 g/mol. The van der Waals surface area contributed by atoms with Crippen molar-refractivity contribution in [2.75, 3.05) is 7.11 Å². The minimum absolute atomic E-state index is 0.235. The van der Waals surface area contributed by atoms with E-state index < -0.39 is 0 Å². The molecule has 3 nitrogen and oxygen atoms in total. The number of methoxy groups -OCH3 is 1. The molecule has 0 N–H and O–H groups in total. The number of ether oxygens (including phenoxy) is 2. The van der Waals surface area contributed by atoms with Crippen LogP contribution in [0.15, 0.2) is 42.5 Å². The maximum atomic E-state index is 11.4. The first kappa shape index (κ1) is 16.4. The molecule has 0 aliphatic rings. The summed E-state index contributed by atoms with van der Waals surface area (Å²) in [6.45, 7) is 2.44. The van der Waals surface area contributed by atoms with Gasteiger partial charge in [0, 0.05) is 0 Å². The van der Waals surface area contributed by atoms with Crippen molar-refractivity contribution in [2.24, 2.45) is 0 Å². The summed E-state index contributed by atoms with van der Waals surface area (Å²) < 4.78 is 10.5. The first-order valence-corrected chi connectivity index (χ1v) is 7.56. The van der Waals surface area contributed by atoms with Crippen LogP contribution in [0, 0.1) is 0 Å². The molecule has 0 unspecified atom stereocenters. The molecule has 0 saturated heterocycles. The van der Waals surface area contributed by atoms with E-state index in [1.807, 2.05) is 42.5 Å². The summed E-state index contributed by atoms with van der Waals surface area (Å²) in [4.78, 5) is 11.4. The van der Waals surface area contributed by atoms with Gasteiger partial charge in [-0.15, -0.1) is 0 Å². The van der Waals surface area contributed by atoms with Crippen LogP contribution in [0.4, 0.5) is 0 Å². The van der Waals surface area contributed by atoms with E-state index in [0.29, 0.717) is 17.4 Å². The predicted molar refractivity (Wildman–Crippen MR) is 87.3 cm³/mol. The van der Waals surface area contributed by atoms with Crippen LogP contribution in [0.5, 0.6) is 5.75 Å². The van der Waals surface area contributed by atoms with Crippen LogP contribution in [0.3, 0.4) is 0 Å². The van der Waals surface area contributed by atoms with Crippen LogP contribution in [-0.4, -0.2) is 13.1 Å². The average Bonchev–Trinajstić information content (AvgIpc) is 2.54. The first-order chi connectivity index (χ1) is 10.6. The molecule has 116 valence electrons. The van der Waals surface area contributed by atoms with Gasteiger partial charge in [0.05, 0.1) is 18.6 Å². The maximum Gasteiger partial charge on any atom is 0.309 e. The van der Waals surface area contributed by atoms with Crippen LogP contribution in [0.25, 0.3) is 0 Å². The summed E-state index contributed by atoms with van der Waals surface area (Å²) in [6, 6.07) is 13.4. The number of carbonyl (C=O) groups excluding carboxylic acids is 1. The zero-order valence-corrected chi connectivity index (χ0v) is 13.5. The number of aryl methyl sites for hydroxylation is 1. The molecule has 2 rings (SSSR count). The standard InChI is InChI=1S/C18H19ClO3/c1-3-13-8-9-17(16(19)10-13)22-12-15-7-5-4-6-14(15)11-18(20)21-2/h4-10H,3,11-12H2,1-2H3. The number of rotatable bonds is 6. The Kier molecular flexibility index (Phi) is 5.84. The highest BCUT2D eigenvalue weighted by Crippen LogP contribution is 2.27. The van der Waals surface area contributed by atoms with Gasteiger partial charge in [-0.3, -0.25) is 4.79 Å². The molecular formula is C18H19ClO3. The molecule has 0 bridgehead atoms. The molecule has 22 heavy (non-hydrogen) atoms. The quantitative estimate of drug-likeness (QED) is 0.749. The van der Waals surface area contributed by atoms with Crippen molar-refractivity contribution >= 4 is 17.6 Å². The van der Waals surface area contributed by atoms with Crippen LogP contribution in [0.1, 0.15) is 23.6 Å². The summed E-state index contributed by atoms with van der Waals surface area (Å²) in [5.41, 5.74) is 3.02. The highest BCUT2D eigenvalue weighted by atomic mass is 35.5. The summed E-state index contributed by atoms with van der Waals surface area (Å²) >= 11 is 6.22. The number of benzene rings is 2. The molecule has 4 heteroatoms. The second-order valence-corrected chi connectivity index (χ2v) is 5.34. The zero-order valence-electron chi connectivity index (χ0n) is 12.8. The topological polar surface area (TPSA) is 35.5 Å². The van der Waals surface area contributed by atoms with E-state index >= 15 is 0 Å². The Morgan fingerprint density at radius 1 is 1.14 bits per heavy atom. The van der Waals surface area contributed by atoms with E-state index in [1.54, 1.807) is 0 Å². The van der Waals surface area contributed by atoms with Crippen LogP contribution in [0.2, 0.25) is 5.02 Å². The van der Waals surface area contributed by atoms with E-state index in [4.69, 9.17) is 21.1 Å². The summed E-state index contributed by atoms with van der Waals surface area (Å²) in [5.74, 6) is 0.379. The number of halogens is 1. The van der Waals surface area contributed by atoms with Crippen molar-refractivity contribution in [3.8, 4) is 5.75 Å². The SMILES string of the molecule is CCc1ccc(OCc2ccccc2CC(=O)OC)c(Cl)c1. The van der Waals surface area contributed by atoms with E-state index in [9.17, 15) is 4.79 Å². The highest BCUT2D eigenvalue weighted by molar-refractivity contribution is 6.32. The fourth-order valence-corrected chi connectivity index (χ4v) is 2.39. The molecule has 0 atom stereocenters. The van der Waals surface area contributed by atoms with Crippen molar-refractivity contribution < 1.29 is 14.3 Å². The van der Waals surface area contributed by atoms with E-state index in [2.05, 4.69) is 6.92 Å². The van der Waals surface area contributed by atoms with Gasteiger partial charge in [-0.05, 0) is 35.2 Å². The van der Waals surface area contributed by atoms with E-state index in [-0.39, 0.29) is 12.4 Å². The lowest BCUT2D eigenvalue weighted by atomic mass is 10.1. The van der Waals surface area contributed by atoms with Gasteiger partial charge >= 0.3 is 5.97 Å². The zero-order chi connectivity index (χ0) is 15.9. The lowest BCUT2D eigenvalue weighted by molar-refractivity contribution is -0.139. The van der Waals surface area contributed by atoms with Gasteiger partial charge in [0.2, 0.25) is 0 Å². The smallest absolute Gasteiger partial charge is 0.309 e. The second-order valence-electron chi connectivity index (χ2n) is 4.93. The molecular weight excluding hydrogens is 300 g/mol. The maximum absolute atomic E-state index is 11.4.